The average molecular weight is 637 g/mol. The molecule has 0 atom stereocenters. The van der Waals surface area contributed by atoms with Gasteiger partial charge >= 0.3 is 35.7 Å². The van der Waals surface area contributed by atoms with Gasteiger partial charge in [0.15, 0.2) is 0 Å². The van der Waals surface area contributed by atoms with Crippen molar-refractivity contribution in [2.75, 3.05) is 74.1 Å². The van der Waals surface area contributed by atoms with Crippen molar-refractivity contribution in [1.82, 2.24) is 10.2 Å². The van der Waals surface area contributed by atoms with Crippen LogP contribution in [0.15, 0.2) is 57.8 Å². The Balaban J connectivity index is 0.000000264. The molecule has 14 heteroatoms. The van der Waals surface area contributed by atoms with Crippen LogP contribution in [0.2, 0.25) is 0 Å². The number of nitrogens with zero attached hydrogens (tertiary/aromatic N) is 3. The number of amides is 1. The van der Waals surface area contributed by atoms with Gasteiger partial charge in [-0.2, -0.15) is 0 Å². The minimum absolute atomic E-state index is 0. The van der Waals surface area contributed by atoms with Gasteiger partial charge in [0.05, 0.1) is 23.3 Å². The number of nitrogens with one attached hydrogen (secondary N) is 1. The van der Waals surface area contributed by atoms with E-state index in [0.717, 1.165) is 53.9 Å². The van der Waals surface area contributed by atoms with Gasteiger partial charge in [-0.1, -0.05) is 0 Å². The van der Waals surface area contributed by atoms with E-state index in [1.165, 1.54) is 24.3 Å². The summed E-state index contributed by atoms with van der Waals surface area (Å²) in [5.74, 6) is -0.499. The van der Waals surface area contributed by atoms with Gasteiger partial charge in [-0.15, -0.1) is 23.2 Å². The van der Waals surface area contributed by atoms with Crippen LogP contribution in [-0.4, -0.2) is 80.8 Å². The Labute approximate surface area is 275 Å². The van der Waals surface area contributed by atoms with Crippen LogP contribution in [0, 0.1) is 11.6 Å². The molecule has 42 heavy (non-hydrogen) atoms. The third-order valence-corrected chi connectivity index (χ3v) is 6.63. The van der Waals surface area contributed by atoms with E-state index in [9.17, 15) is 13.6 Å². The first kappa shape index (κ1) is 35.9. The van der Waals surface area contributed by atoms with Gasteiger partial charge in [0.1, 0.15) is 35.3 Å². The van der Waals surface area contributed by atoms with Gasteiger partial charge in [-0.25, -0.2) is 13.6 Å². The maximum atomic E-state index is 13.4. The van der Waals surface area contributed by atoms with E-state index in [2.05, 4.69) is 15.1 Å². The largest absolute Gasteiger partial charge is 1.00 e. The number of ether oxygens (including phenoxy) is 1. The Morgan fingerprint density at radius 1 is 0.857 bits per heavy atom. The summed E-state index contributed by atoms with van der Waals surface area (Å²) in [5.41, 5.74) is 3.28. The second-order valence-electron chi connectivity index (χ2n) is 9.03. The van der Waals surface area contributed by atoms with Crippen molar-refractivity contribution < 1.29 is 62.2 Å². The number of rotatable bonds is 3. The van der Waals surface area contributed by atoms with Crippen molar-refractivity contribution in [2.45, 2.75) is 6.92 Å². The Bertz CT molecular complexity index is 1400. The molecule has 4 aromatic rings. The fourth-order valence-electron chi connectivity index (χ4n) is 4.72. The van der Waals surface area contributed by atoms with E-state index in [0.29, 0.717) is 38.4 Å². The second kappa shape index (κ2) is 17.8. The molecule has 0 bridgehead atoms. The van der Waals surface area contributed by atoms with Gasteiger partial charge in [0.2, 0.25) is 0 Å². The standard InChI is InChI=1S/C15H17FN2O3.C12H13FN2O.CH2Cl2.Na.H2O/c1-2-20-15(19)18-7-5-17(6-8-18)13-10-21-14-4-3-11(16)9-12(13)14;13-9-1-2-12-10(7-9)11(8-16-12)15-5-3-14-4-6-15;2-1-3;;/h3-4,9-10H,2,5-8H2,1H3;1-2,7-8,14H,3-6H2;1H2;;1H2/q;;;+1;/p-1. The zero-order chi connectivity index (χ0) is 28.5. The predicted molar refractivity (Wildman–Crippen MR) is 157 cm³/mol. The molecule has 6 rings (SSSR count). The first-order chi connectivity index (χ1) is 19.4. The summed E-state index contributed by atoms with van der Waals surface area (Å²) < 4.78 is 42.5. The van der Waals surface area contributed by atoms with Crippen LogP contribution < -0.4 is 44.7 Å². The maximum absolute atomic E-state index is 13.4. The van der Waals surface area contributed by atoms with Crippen molar-refractivity contribution in [1.29, 1.82) is 0 Å². The Morgan fingerprint density at radius 3 is 1.76 bits per heavy atom. The number of carbonyl (C=O) groups excluding carboxylic acids is 1. The number of fused-ring (bicyclic) bond motifs is 2. The van der Waals surface area contributed by atoms with E-state index in [4.69, 9.17) is 36.8 Å². The molecule has 0 spiro atoms. The van der Waals surface area contributed by atoms with Crippen molar-refractivity contribution in [3.8, 4) is 0 Å². The minimum Gasteiger partial charge on any atom is -0.870 e. The van der Waals surface area contributed by atoms with Crippen molar-refractivity contribution in [3.05, 3.63) is 60.6 Å². The molecule has 0 aliphatic carbocycles. The van der Waals surface area contributed by atoms with E-state index < -0.39 is 0 Å². The summed E-state index contributed by atoms with van der Waals surface area (Å²) in [5, 5.41) is 5.11. The molecule has 2 aliphatic rings. The monoisotopic (exact) mass is 636 g/mol. The summed E-state index contributed by atoms with van der Waals surface area (Å²) in [6, 6.07) is 9.13. The Kier molecular flexibility index (Phi) is 15.2. The van der Waals surface area contributed by atoms with Crippen LogP contribution in [0.5, 0.6) is 0 Å². The molecule has 0 unspecified atom stereocenters. The van der Waals surface area contributed by atoms with Crippen LogP contribution >= 0.6 is 23.2 Å². The number of piperazine rings is 2. The molecule has 0 radical (unpaired) electrons. The summed E-state index contributed by atoms with van der Waals surface area (Å²) in [7, 11) is 0. The first-order valence-electron chi connectivity index (χ1n) is 13.0. The molecule has 2 aromatic heterocycles. The number of carbonyl (C=O) groups is 1. The van der Waals surface area contributed by atoms with Crippen molar-refractivity contribution >= 4 is 62.6 Å². The van der Waals surface area contributed by atoms with E-state index in [1.807, 2.05) is 0 Å². The van der Waals surface area contributed by atoms with Gasteiger partial charge < -0.3 is 39.1 Å². The SMILES string of the molecule is CCOC(=O)N1CCN(c2coc3ccc(F)cc23)CC1.ClCCl.Fc1ccc2occ(N3CCNCC3)c2c1.[Na+].[OH-]. The van der Waals surface area contributed by atoms with Crippen LogP contribution in [0.4, 0.5) is 25.0 Å². The van der Waals surface area contributed by atoms with Crippen molar-refractivity contribution in [3.63, 3.8) is 0 Å². The fraction of sp³-hybridized carbons (Fsp3) is 0.393. The number of furan rings is 2. The zero-order valence-electron chi connectivity index (χ0n) is 23.6. The molecule has 2 aromatic carbocycles. The fourth-order valence-corrected chi connectivity index (χ4v) is 4.72. The summed E-state index contributed by atoms with van der Waals surface area (Å²) in [6.45, 7) is 8.47. The van der Waals surface area contributed by atoms with Crippen molar-refractivity contribution in [2.24, 2.45) is 0 Å². The summed E-state index contributed by atoms with van der Waals surface area (Å²) in [6.07, 6.45) is 3.08. The topological polar surface area (TPSA) is 104 Å². The molecular weight excluding hydrogens is 604 g/mol. The molecule has 2 aliphatic heterocycles. The Morgan fingerprint density at radius 2 is 1.31 bits per heavy atom. The summed E-state index contributed by atoms with van der Waals surface area (Å²) in [4.78, 5) is 17.7. The summed E-state index contributed by atoms with van der Waals surface area (Å²) >= 11 is 9.53. The number of hydrogen-bond acceptors (Lipinski definition) is 8. The maximum Gasteiger partial charge on any atom is 1.00 e. The van der Waals surface area contributed by atoms with E-state index in [-0.39, 0.29) is 58.1 Å². The number of alkyl halides is 2. The van der Waals surface area contributed by atoms with Crippen LogP contribution in [0.25, 0.3) is 21.9 Å². The molecule has 2 fully saturated rings. The van der Waals surface area contributed by atoms with Gasteiger partial charge in [0.25, 0.3) is 0 Å². The first-order valence-corrected chi connectivity index (χ1v) is 14.1. The third kappa shape index (κ3) is 9.12. The smallest absolute Gasteiger partial charge is 0.870 e. The second-order valence-corrected chi connectivity index (χ2v) is 9.84. The number of hydrogen-bond donors (Lipinski definition) is 1. The number of halogens is 4. The molecular formula is C28H33Cl2F2N4NaO5. The minimum atomic E-state index is -0.282. The molecule has 4 heterocycles. The molecule has 0 saturated carbocycles. The molecule has 9 nitrogen and oxygen atoms in total. The van der Waals surface area contributed by atoms with E-state index in [1.54, 1.807) is 36.5 Å². The molecule has 1 amide bonds. The normalized spacial score (nSPS) is 14.6. The molecule has 2 saturated heterocycles. The number of anilines is 2. The number of benzene rings is 2. The Hall–Kier alpha value is -2.25. The zero-order valence-corrected chi connectivity index (χ0v) is 27.1. The van der Waals surface area contributed by atoms with Crippen LogP contribution in [0.3, 0.4) is 0 Å². The molecule has 224 valence electrons. The molecule has 2 N–H and O–H groups in total. The van der Waals surface area contributed by atoms with Gasteiger partial charge in [-0.3, -0.25) is 0 Å². The van der Waals surface area contributed by atoms with Crippen LogP contribution in [0.1, 0.15) is 6.92 Å². The predicted octanol–water partition coefficient (Wildman–Crippen LogP) is 3.08. The quantitative estimate of drug-likeness (QED) is 0.270. The van der Waals surface area contributed by atoms with E-state index >= 15 is 0 Å². The van der Waals surface area contributed by atoms with Gasteiger partial charge in [0, 0.05) is 63.1 Å². The third-order valence-electron chi connectivity index (χ3n) is 6.63. The van der Waals surface area contributed by atoms with Crippen LogP contribution in [-0.2, 0) is 4.74 Å². The van der Waals surface area contributed by atoms with Gasteiger partial charge in [-0.05, 0) is 43.3 Å². The average Bonchev–Trinajstić information content (AvgIpc) is 3.58.